The molecule has 1 amide bonds. The number of para-hydroxylation sites is 1. The van der Waals surface area contributed by atoms with Crippen LogP contribution in [0, 0.1) is 6.92 Å². The SMILES string of the molecule is CC[C@H](Sc1nc(C)nc2ccccc12)C(=O)N[C@@H](C)c1ccccc1. The van der Waals surface area contributed by atoms with E-state index in [1.807, 2.05) is 75.4 Å². The summed E-state index contributed by atoms with van der Waals surface area (Å²) in [6.07, 6.45) is 0.732. The van der Waals surface area contributed by atoms with Crippen molar-refractivity contribution >= 4 is 28.6 Å². The first kappa shape index (κ1) is 18.4. The van der Waals surface area contributed by atoms with Gasteiger partial charge in [-0.25, -0.2) is 9.97 Å². The molecule has 4 nitrogen and oxygen atoms in total. The summed E-state index contributed by atoms with van der Waals surface area (Å²) >= 11 is 1.51. The molecule has 3 aromatic rings. The highest BCUT2D eigenvalue weighted by atomic mass is 32.2. The number of carbonyl (C=O) groups excluding carboxylic acids is 1. The summed E-state index contributed by atoms with van der Waals surface area (Å²) in [5.41, 5.74) is 2.01. The van der Waals surface area contributed by atoms with E-state index >= 15 is 0 Å². The molecular weight excluding hydrogens is 342 g/mol. The zero-order valence-electron chi connectivity index (χ0n) is 15.3. The number of amides is 1. The normalized spacial score (nSPS) is 13.3. The van der Waals surface area contributed by atoms with Gasteiger partial charge < -0.3 is 5.32 Å². The van der Waals surface area contributed by atoms with Gasteiger partial charge in [-0.2, -0.15) is 0 Å². The van der Waals surface area contributed by atoms with E-state index in [1.54, 1.807) is 0 Å². The third kappa shape index (κ3) is 4.22. The van der Waals surface area contributed by atoms with Crippen molar-refractivity contribution in [3.05, 3.63) is 66.0 Å². The first-order valence-corrected chi connectivity index (χ1v) is 9.71. The number of nitrogens with zero attached hydrogens (tertiary/aromatic N) is 2. The maximum atomic E-state index is 12.8. The summed E-state index contributed by atoms with van der Waals surface area (Å²) in [7, 11) is 0. The van der Waals surface area contributed by atoms with Crippen LogP contribution in [0.3, 0.4) is 0 Å². The van der Waals surface area contributed by atoms with Crippen LogP contribution in [0.1, 0.15) is 37.7 Å². The van der Waals surface area contributed by atoms with E-state index in [0.717, 1.165) is 33.7 Å². The van der Waals surface area contributed by atoms with Crippen molar-refractivity contribution < 1.29 is 4.79 Å². The smallest absolute Gasteiger partial charge is 0.234 e. The molecule has 1 N–H and O–H groups in total. The number of rotatable bonds is 6. The predicted molar refractivity (Wildman–Crippen MR) is 107 cm³/mol. The third-order valence-electron chi connectivity index (χ3n) is 4.26. The summed E-state index contributed by atoms with van der Waals surface area (Å²) in [5, 5.41) is 4.79. The quantitative estimate of drug-likeness (QED) is 0.509. The largest absolute Gasteiger partial charge is 0.349 e. The fraction of sp³-hybridized carbons (Fsp3) is 0.286. The van der Waals surface area contributed by atoms with Crippen LogP contribution in [0.25, 0.3) is 10.9 Å². The highest BCUT2D eigenvalue weighted by molar-refractivity contribution is 8.00. The van der Waals surface area contributed by atoms with Crippen LogP contribution in [0.5, 0.6) is 0 Å². The van der Waals surface area contributed by atoms with Crippen LogP contribution in [-0.2, 0) is 4.79 Å². The van der Waals surface area contributed by atoms with Gasteiger partial charge in [-0.05, 0) is 31.9 Å². The number of carbonyl (C=O) groups is 1. The second-order valence-corrected chi connectivity index (χ2v) is 7.44. The van der Waals surface area contributed by atoms with Gasteiger partial charge in [-0.1, -0.05) is 67.2 Å². The van der Waals surface area contributed by atoms with E-state index < -0.39 is 0 Å². The topological polar surface area (TPSA) is 54.9 Å². The standard InChI is InChI=1S/C21H23N3OS/c1-4-19(20(25)22-14(2)16-10-6-5-7-11-16)26-21-17-12-8-9-13-18(17)23-15(3)24-21/h5-14,19H,4H2,1-3H3,(H,22,25)/t14-,19-/m0/s1. The van der Waals surface area contributed by atoms with Crippen molar-refractivity contribution in [2.75, 3.05) is 0 Å². The molecule has 0 fully saturated rings. The molecule has 0 saturated carbocycles. The molecule has 134 valence electrons. The molecule has 5 heteroatoms. The molecule has 0 aliphatic rings. The zero-order valence-corrected chi connectivity index (χ0v) is 16.1. The minimum absolute atomic E-state index is 0.0257. The van der Waals surface area contributed by atoms with Gasteiger partial charge in [-0.15, -0.1) is 0 Å². The number of fused-ring (bicyclic) bond motifs is 1. The van der Waals surface area contributed by atoms with Gasteiger partial charge in [0.25, 0.3) is 0 Å². The van der Waals surface area contributed by atoms with Gasteiger partial charge in [0.05, 0.1) is 16.8 Å². The van der Waals surface area contributed by atoms with E-state index in [1.165, 1.54) is 11.8 Å². The van der Waals surface area contributed by atoms with Crippen molar-refractivity contribution in [1.82, 2.24) is 15.3 Å². The molecule has 2 aromatic carbocycles. The maximum Gasteiger partial charge on any atom is 0.234 e. The van der Waals surface area contributed by atoms with Crippen LogP contribution in [0.15, 0.2) is 59.6 Å². The van der Waals surface area contributed by atoms with Gasteiger partial charge in [0.1, 0.15) is 10.9 Å². The Morgan fingerprint density at radius 2 is 1.77 bits per heavy atom. The molecule has 0 unspecified atom stereocenters. The van der Waals surface area contributed by atoms with Gasteiger partial charge in [0.2, 0.25) is 5.91 Å². The number of hydrogen-bond acceptors (Lipinski definition) is 4. The van der Waals surface area contributed by atoms with E-state index in [0.29, 0.717) is 0 Å². The minimum atomic E-state index is -0.195. The lowest BCUT2D eigenvalue weighted by Crippen LogP contribution is -2.34. The average molecular weight is 366 g/mol. The highest BCUT2D eigenvalue weighted by Crippen LogP contribution is 2.30. The predicted octanol–water partition coefficient (Wildman–Crippen LogP) is 4.69. The molecule has 0 spiro atoms. The average Bonchev–Trinajstić information content (AvgIpc) is 2.66. The fourth-order valence-electron chi connectivity index (χ4n) is 2.84. The minimum Gasteiger partial charge on any atom is -0.349 e. The Bertz CT molecular complexity index is 898. The van der Waals surface area contributed by atoms with E-state index in [4.69, 9.17) is 0 Å². The van der Waals surface area contributed by atoms with E-state index in [2.05, 4.69) is 15.3 Å². The molecule has 2 atom stereocenters. The third-order valence-corrected chi connectivity index (χ3v) is 5.62. The molecule has 1 aromatic heterocycles. The monoisotopic (exact) mass is 365 g/mol. The number of aromatic nitrogens is 2. The number of hydrogen-bond donors (Lipinski definition) is 1. The van der Waals surface area contributed by atoms with Crippen LogP contribution in [0.4, 0.5) is 0 Å². The van der Waals surface area contributed by atoms with Crippen LogP contribution < -0.4 is 5.32 Å². The Morgan fingerprint density at radius 1 is 1.08 bits per heavy atom. The molecule has 0 bridgehead atoms. The molecule has 0 radical (unpaired) electrons. The number of nitrogens with one attached hydrogen (secondary N) is 1. The lowest BCUT2D eigenvalue weighted by Gasteiger charge is -2.19. The zero-order chi connectivity index (χ0) is 18.5. The van der Waals surface area contributed by atoms with Gasteiger partial charge >= 0.3 is 0 Å². The second kappa shape index (κ2) is 8.32. The molecule has 0 saturated heterocycles. The van der Waals surface area contributed by atoms with Crippen LogP contribution in [0.2, 0.25) is 0 Å². The highest BCUT2D eigenvalue weighted by Gasteiger charge is 2.22. The summed E-state index contributed by atoms with van der Waals surface area (Å²) < 4.78 is 0. The van der Waals surface area contributed by atoms with E-state index in [-0.39, 0.29) is 17.2 Å². The number of aryl methyl sites for hydroxylation is 1. The van der Waals surface area contributed by atoms with Gasteiger partial charge in [0, 0.05) is 5.39 Å². The summed E-state index contributed by atoms with van der Waals surface area (Å²) in [5.74, 6) is 0.758. The Morgan fingerprint density at radius 3 is 2.50 bits per heavy atom. The van der Waals surface area contributed by atoms with Crippen molar-refractivity contribution in [1.29, 1.82) is 0 Å². The lowest BCUT2D eigenvalue weighted by molar-refractivity contribution is -0.121. The maximum absolute atomic E-state index is 12.8. The fourth-order valence-corrected chi connectivity index (χ4v) is 3.93. The van der Waals surface area contributed by atoms with Gasteiger partial charge in [0.15, 0.2) is 0 Å². The Labute approximate surface area is 158 Å². The van der Waals surface area contributed by atoms with Crippen LogP contribution in [-0.4, -0.2) is 21.1 Å². The van der Waals surface area contributed by atoms with Gasteiger partial charge in [-0.3, -0.25) is 4.79 Å². The summed E-state index contributed by atoms with van der Waals surface area (Å²) in [4.78, 5) is 21.9. The molecule has 3 rings (SSSR count). The Kier molecular flexibility index (Phi) is 5.89. The molecule has 0 aliphatic carbocycles. The summed E-state index contributed by atoms with van der Waals surface area (Å²) in [6.45, 7) is 5.92. The second-order valence-electron chi connectivity index (χ2n) is 6.25. The molecule has 0 aliphatic heterocycles. The van der Waals surface area contributed by atoms with Crippen molar-refractivity contribution in [2.45, 2.75) is 43.5 Å². The van der Waals surface area contributed by atoms with E-state index in [9.17, 15) is 4.79 Å². The summed E-state index contributed by atoms with van der Waals surface area (Å²) in [6, 6.07) is 17.9. The first-order chi connectivity index (χ1) is 12.6. The molecular formula is C21H23N3OS. The Hall–Kier alpha value is -2.40. The lowest BCUT2D eigenvalue weighted by atomic mass is 10.1. The molecule has 26 heavy (non-hydrogen) atoms. The Balaban J connectivity index is 1.78. The molecule has 1 heterocycles. The first-order valence-electron chi connectivity index (χ1n) is 8.84. The van der Waals surface area contributed by atoms with Crippen molar-refractivity contribution in [3.8, 4) is 0 Å². The number of benzene rings is 2. The van der Waals surface area contributed by atoms with Crippen molar-refractivity contribution in [3.63, 3.8) is 0 Å². The number of thioether (sulfide) groups is 1. The van der Waals surface area contributed by atoms with Crippen molar-refractivity contribution in [2.24, 2.45) is 0 Å². The van der Waals surface area contributed by atoms with Crippen LogP contribution >= 0.6 is 11.8 Å².